The Morgan fingerprint density at radius 2 is 2.19 bits per heavy atom. The number of carbonyl (C=O) groups is 1. The third kappa shape index (κ3) is 3.62. The normalized spacial score (nSPS) is 13.2. The van der Waals surface area contributed by atoms with Crippen LogP contribution in [0.4, 0.5) is 0 Å². The molecule has 1 heterocycles. The van der Waals surface area contributed by atoms with Crippen LogP contribution in [0.25, 0.3) is 0 Å². The molecule has 4 heteroatoms. The number of nitrogens with two attached hydrogens (primary N) is 1. The van der Waals surface area contributed by atoms with Crippen LogP contribution in [0.1, 0.15) is 26.5 Å². The predicted molar refractivity (Wildman–Crippen MR) is 63.5 cm³/mol. The van der Waals surface area contributed by atoms with Gasteiger partial charge in [-0.15, -0.1) is 0 Å². The van der Waals surface area contributed by atoms with Crippen LogP contribution in [0, 0.1) is 5.41 Å². The second-order valence-electron chi connectivity index (χ2n) is 4.88. The minimum Gasteiger partial charge on any atom is -0.349 e. The number of hydrogen-bond acceptors (Lipinski definition) is 3. The summed E-state index contributed by atoms with van der Waals surface area (Å²) in [6.07, 6.45) is 1.70. The number of rotatable bonds is 3. The van der Waals surface area contributed by atoms with Crippen LogP contribution in [-0.4, -0.2) is 16.9 Å². The van der Waals surface area contributed by atoms with Gasteiger partial charge in [0.05, 0.1) is 18.3 Å². The summed E-state index contributed by atoms with van der Waals surface area (Å²) >= 11 is 0. The second-order valence-corrected chi connectivity index (χ2v) is 4.88. The van der Waals surface area contributed by atoms with E-state index in [1.807, 2.05) is 39.0 Å². The molecule has 0 radical (unpaired) electrons. The van der Waals surface area contributed by atoms with Crippen molar-refractivity contribution in [2.45, 2.75) is 33.4 Å². The lowest BCUT2D eigenvalue weighted by molar-refractivity contribution is -0.124. The van der Waals surface area contributed by atoms with Gasteiger partial charge in [0.15, 0.2) is 0 Å². The second kappa shape index (κ2) is 5.07. The van der Waals surface area contributed by atoms with E-state index in [0.717, 1.165) is 5.69 Å². The number of pyridine rings is 1. The summed E-state index contributed by atoms with van der Waals surface area (Å²) < 4.78 is 0. The summed E-state index contributed by atoms with van der Waals surface area (Å²) in [5.41, 5.74) is 6.43. The fourth-order valence-corrected chi connectivity index (χ4v) is 1.18. The lowest BCUT2D eigenvalue weighted by atomic mass is 9.87. The van der Waals surface area contributed by atoms with Crippen LogP contribution in [0.2, 0.25) is 0 Å². The largest absolute Gasteiger partial charge is 0.349 e. The summed E-state index contributed by atoms with van der Waals surface area (Å²) in [5.74, 6) is -0.141. The van der Waals surface area contributed by atoms with Crippen LogP contribution in [0.5, 0.6) is 0 Å². The molecule has 0 unspecified atom stereocenters. The summed E-state index contributed by atoms with van der Waals surface area (Å²) in [6.45, 7) is 6.25. The highest BCUT2D eigenvalue weighted by molar-refractivity contribution is 5.82. The minimum absolute atomic E-state index is 0.141. The van der Waals surface area contributed by atoms with Gasteiger partial charge in [0.1, 0.15) is 0 Å². The average Bonchev–Trinajstić information content (AvgIpc) is 2.25. The Morgan fingerprint density at radius 1 is 1.50 bits per heavy atom. The summed E-state index contributed by atoms with van der Waals surface area (Å²) in [4.78, 5) is 15.8. The molecule has 3 N–H and O–H groups in total. The first kappa shape index (κ1) is 12.6. The quantitative estimate of drug-likeness (QED) is 0.802. The average molecular weight is 221 g/mol. The molecule has 16 heavy (non-hydrogen) atoms. The van der Waals surface area contributed by atoms with Crippen molar-refractivity contribution in [1.82, 2.24) is 10.3 Å². The van der Waals surface area contributed by atoms with Gasteiger partial charge in [0, 0.05) is 6.20 Å². The Morgan fingerprint density at radius 3 is 2.69 bits per heavy atom. The Hall–Kier alpha value is -1.42. The zero-order valence-corrected chi connectivity index (χ0v) is 10.0. The summed E-state index contributed by atoms with van der Waals surface area (Å²) in [6, 6.07) is 5.09. The van der Waals surface area contributed by atoms with E-state index in [1.54, 1.807) is 6.20 Å². The van der Waals surface area contributed by atoms with Gasteiger partial charge in [-0.2, -0.15) is 0 Å². The topological polar surface area (TPSA) is 68.0 Å². The molecule has 1 aromatic heterocycles. The molecule has 1 amide bonds. The van der Waals surface area contributed by atoms with Crippen molar-refractivity contribution < 1.29 is 4.79 Å². The van der Waals surface area contributed by atoms with Crippen LogP contribution < -0.4 is 11.1 Å². The Kier molecular flexibility index (Phi) is 4.01. The zero-order chi connectivity index (χ0) is 12.2. The molecule has 1 atom stereocenters. The third-order valence-corrected chi connectivity index (χ3v) is 2.39. The zero-order valence-electron chi connectivity index (χ0n) is 10.0. The number of carbonyl (C=O) groups excluding carboxylic acids is 1. The van der Waals surface area contributed by atoms with E-state index in [2.05, 4.69) is 10.3 Å². The van der Waals surface area contributed by atoms with Crippen molar-refractivity contribution in [3.63, 3.8) is 0 Å². The molecule has 0 fully saturated rings. The highest BCUT2D eigenvalue weighted by atomic mass is 16.2. The van der Waals surface area contributed by atoms with E-state index >= 15 is 0 Å². The summed E-state index contributed by atoms with van der Waals surface area (Å²) in [7, 11) is 0. The van der Waals surface area contributed by atoms with Gasteiger partial charge < -0.3 is 11.1 Å². The molecule has 88 valence electrons. The van der Waals surface area contributed by atoms with E-state index in [-0.39, 0.29) is 11.3 Å². The van der Waals surface area contributed by atoms with Gasteiger partial charge >= 0.3 is 0 Å². The molecule has 0 saturated heterocycles. The first-order valence-corrected chi connectivity index (χ1v) is 5.34. The standard InChI is InChI=1S/C12H19N3O/c1-12(2,3)10(13)11(16)15-8-9-6-4-5-7-14-9/h4-7,10H,8,13H2,1-3H3,(H,15,16)/t10-/m1/s1. The third-order valence-electron chi connectivity index (χ3n) is 2.39. The first-order chi connectivity index (χ1) is 7.41. The van der Waals surface area contributed by atoms with E-state index in [9.17, 15) is 4.79 Å². The maximum Gasteiger partial charge on any atom is 0.237 e. The van der Waals surface area contributed by atoms with E-state index < -0.39 is 6.04 Å². The van der Waals surface area contributed by atoms with Crippen molar-refractivity contribution in [2.75, 3.05) is 0 Å². The number of nitrogens with one attached hydrogen (secondary N) is 1. The van der Waals surface area contributed by atoms with E-state index in [1.165, 1.54) is 0 Å². The lowest BCUT2D eigenvalue weighted by Crippen LogP contribution is -2.48. The van der Waals surface area contributed by atoms with Crippen LogP contribution in [0.15, 0.2) is 24.4 Å². The number of amides is 1. The fourth-order valence-electron chi connectivity index (χ4n) is 1.18. The number of hydrogen-bond donors (Lipinski definition) is 2. The maximum atomic E-state index is 11.7. The number of aromatic nitrogens is 1. The summed E-state index contributed by atoms with van der Waals surface area (Å²) in [5, 5.41) is 2.78. The van der Waals surface area contributed by atoms with Gasteiger partial charge in [0.25, 0.3) is 0 Å². The molecular weight excluding hydrogens is 202 g/mol. The monoisotopic (exact) mass is 221 g/mol. The van der Waals surface area contributed by atoms with Crippen LogP contribution >= 0.6 is 0 Å². The molecule has 1 aromatic rings. The fraction of sp³-hybridized carbons (Fsp3) is 0.500. The van der Waals surface area contributed by atoms with Crippen molar-refractivity contribution in [1.29, 1.82) is 0 Å². The highest BCUT2D eigenvalue weighted by Gasteiger charge is 2.26. The van der Waals surface area contributed by atoms with Crippen LogP contribution in [0.3, 0.4) is 0 Å². The van der Waals surface area contributed by atoms with Gasteiger partial charge in [-0.3, -0.25) is 9.78 Å². The minimum atomic E-state index is -0.504. The van der Waals surface area contributed by atoms with E-state index in [4.69, 9.17) is 5.73 Å². The molecule has 4 nitrogen and oxygen atoms in total. The molecule has 0 bridgehead atoms. The molecule has 0 aromatic carbocycles. The first-order valence-electron chi connectivity index (χ1n) is 5.34. The molecule has 0 aliphatic rings. The molecule has 0 aliphatic carbocycles. The Balaban J connectivity index is 2.48. The predicted octanol–water partition coefficient (Wildman–Crippen LogP) is 1.07. The maximum absolute atomic E-state index is 11.7. The molecule has 0 aliphatic heterocycles. The van der Waals surface area contributed by atoms with Crippen molar-refractivity contribution in [3.8, 4) is 0 Å². The van der Waals surface area contributed by atoms with Gasteiger partial charge in [-0.1, -0.05) is 26.8 Å². The smallest absolute Gasteiger partial charge is 0.237 e. The van der Waals surface area contributed by atoms with Crippen LogP contribution in [-0.2, 0) is 11.3 Å². The lowest BCUT2D eigenvalue weighted by Gasteiger charge is -2.25. The van der Waals surface area contributed by atoms with Gasteiger partial charge in [-0.25, -0.2) is 0 Å². The van der Waals surface area contributed by atoms with Gasteiger partial charge in [-0.05, 0) is 17.5 Å². The van der Waals surface area contributed by atoms with Crippen molar-refractivity contribution in [2.24, 2.45) is 11.1 Å². The Bertz CT molecular complexity index is 343. The highest BCUT2D eigenvalue weighted by Crippen LogP contribution is 2.17. The number of nitrogens with zero attached hydrogens (tertiary/aromatic N) is 1. The van der Waals surface area contributed by atoms with E-state index in [0.29, 0.717) is 6.54 Å². The Labute approximate surface area is 96.3 Å². The molecule has 0 saturated carbocycles. The SMILES string of the molecule is CC(C)(C)[C@H](N)C(=O)NCc1ccccn1. The molecule has 1 rings (SSSR count). The van der Waals surface area contributed by atoms with Gasteiger partial charge in [0.2, 0.25) is 5.91 Å². The molecular formula is C12H19N3O. The van der Waals surface area contributed by atoms with Crippen molar-refractivity contribution in [3.05, 3.63) is 30.1 Å². The van der Waals surface area contributed by atoms with Crippen molar-refractivity contribution >= 4 is 5.91 Å². The molecule has 0 spiro atoms.